The topological polar surface area (TPSA) is 18.5 Å². The molecule has 2 nitrogen and oxygen atoms in total. The molecule has 37 heavy (non-hydrogen) atoms. The smallest absolute Gasteiger partial charge is 0.137 e. The lowest BCUT2D eigenvalue weighted by molar-refractivity contribution is 0.407. The fourth-order valence-corrected chi connectivity index (χ4v) is 4.58. The predicted molar refractivity (Wildman–Crippen MR) is 125 cm³/mol. The third kappa shape index (κ3) is 3.82. The van der Waals surface area contributed by atoms with E-state index in [0.29, 0.717) is 6.07 Å². The van der Waals surface area contributed by atoms with Crippen LogP contribution >= 0.6 is 0 Å². The van der Waals surface area contributed by atoms with Gasteiger partial charge in [-0.05, 0) is 35.0 Å². The zero-order valence-electron chi connectivity index (χ0n) is 19.2. The highest BCUT2D eigenvalue weighted by Crippen LogP contribution is 2.48. The molecule has 0 spiro atoms. The fourth-order valence-electron chi connectivity index (χ4n) is 4.58. The van der Waals surface area contributed by atoms with E-state index < -0.39 is 73.7 Å². The molecule has 0 aromatic heterocycles. The van der Waals surface area contributed by atoms with Gasteiger partial charge < -0.3 is 9.47 Å². The molecule has 0 aliphatic rings. The Morgan fingerprint density at radius 3 is 1.24 bits per heavy atom. The van der Waals surface area contributed by atoms with Crippen molar-refractivity contribution < 1.29 is 40.2 Å². The third-order valence-corrected chi connectivity index (χ3v) is 6.13. The van der Waals surface area contributed by atoms with E-state index in [4.69, 9.17) is 9.47 Å². The van der Waals surface area contributed by atoms with Crippen LogP contribution in [0, 0.1) is 40.7 Å². The normalized spacial score (nSPS) is 11.4. The predicted octanol–water partition coefficient (Wildman–Crippen LogP) is 8.32. The van der Waals surface area contributed by atoms with Crippen LogP contribution in [-0.4, -0.2) is 14.2 Å². The van der Waals surface area contributed by atoms with Gasteiger partial charge in [0.05, 0.1) is 25.3 Å². The van der Waals surface area contributed by atoms with E-state index in [-0.39, 0.29) is 22.3 Å². The first-order valence-corrected chi connectivity index (χ1v) is 10.8. The average Bonchev–Trinajstić information content (AvgIpc) is 2.85. The van der Waals surface area contributed by atoms with Crippen molar-refractivity contribution in [3.05, 3.63) is 95.3 Å². The number of fused-ring (bicyclic) bond motifs is 2. The molecule has 0 amide bonds. The fraction of sp³-hybridized carbons (Fsp3) is 0.0714. The number of rotatable bonds is 4. The minimum absolute atomic E-state index is 0.175. The summed E-state index contributed by atoms with van der Waals surface area (Å²) in [6, 6.07) is 7.60. The summed E-state index contributed by atoms with van der Waals surface area (Å²) >= 11 is 0. The number of ether oxygens (including phenoxy) is 2. The molecule has 0 fully saturated rings. The molecule has 0 heterocycles. The number of hydrogen-bond donors (Lipinski definition) is 0. The molecule has 0 aliphatic heterocycles. The molecule has 0 N–H and O–H groups in total. The van der Waals surface area contributed by atoms with Gasteiger partial charge in [-0.25, -0.2) is 30.7 Å². The first-order chi connectivity index (χ1) is 17.7. The largest absolute Gasteiger partial charge is 0.497 e. The highest BCUT2D eigenvalue weighted by atomic mass is 19.2. The maximum Gasteiger partial charge on any atom is 0.137 e. The van der Waals surface area contributed by atoms with E-state index in [1.165, 1.54) is 14.2 Å². The molecule has 0 saturated heterocycles. The number of hydrogen-bond acceptors (Lipinski definition) is 2. The lowest BCUT2D eigenvalue weighted by atomic mass is 9.84. The summed E-state index contributed by atoms with van der Waals surface area (Å²) in [7, 11) is 2.36. The molecular weight excluding hydrogens is 501 g/mol. The van der Waals surface area contributed by atoms with E-state index >= 15 is 26.3 Å². The van der Waals surface area contributed by atoms with Crippen LogP contribution in [-0.2, 0) is 0 Å². The molecule has 9 heteroatoms. The number of methoxy groups -OCH3 is 2. The molecule has 0 bridgehead atoms. The van der Waals surface area contributed by atoms with Crippen molar-refractivity contribution in [1.29, 1.82) is 0 Å². The molecule has 0 radical (unpaired) electrons. The van der Waals surface area contributed by atoms with Crippen molar-refractivity contribution in [3.63, 3.8) is 0 Å². The third-order valence-electron chi connectivity index (χ3n) is 6.13. The lowest BCUT2D eigenvalue weighted by Crippen LogP contribution is -2.02. The van der Waals surface area contributed by atoms with Crippen molar-refractivity contribution in [2.45, 2.75) is 0 Å². The van der Waals surface area contributed by atoms with Gasteiger partial charge in [0.2, 0.25) is 0 Å². The molecule has 188 valence electrons. The van der Waals surface area contributed by atoms with Crippen LogP contribution in [0.1, 0.15) is 0 Å². The maximum absolute atomic E-state index is 15.4. The van der Waals surface area contributed by atoms with Crippen LogP contribution in [0.4, 0.5) is 30.7 Å². The molecule has 0 aliphatic carbocycles. The van der Waals surface area contributed by atoms with E-state index in [1.54, 1.807) is 0 Å². The van der Waals surface area contributed by atoms with Gasteiger partial charge >= 0.3 is 0 Å². The molecular formula is C28H15F7O2. The van der Waals surface area contributed by atoms with Gasteiger partial charge in [0.1, 0.15) is 52.2 Å². The van der Waals surface area contributed by atoms with Gasteiger partial charge in [0.25, 0.3) is 0 Å². The van der Waals surface area contributed by atoms with Crippen molar-refractivity contribution in [2.24, 2.45) is 0 Å². The Hall–Kier alpha value is -4.27. The van der Waals surface area contributed by atoms with Crippen LogP contribution in [0.2, 0.25) is 0 Å². The zero-order chi connectivity index (χ0) is 26.6. The molecule has 5 rings (SSSR count). The first-order valence-electron chi connectivity index (χ1n) is 10.8. The van der Waals surface area contributed by atoms with E-state index in [9.17, 15) is 4.39 Å². The van der Waals surface area contributed by atoms with Gasteiger partial charge in [-0.15, -0.1) is 0 Å². The van der Waals surface area contributed by atoms with Crippen LogP contribution in [0.5, 0.6) is 11.5 Å². The van der Waals surface area contributed by atoms with Crippen molar-refractivity contribution >= 4 is 21.5 Å². The molecule has 5 aromatic carbocycles. The van der Waals surface area contributed by atoms with Crippen LogP contribution in [0.15, 0.2) is 54.6 Å². The second-order valence-electron chi connectivity index (χ2n) is 8.15. The number of halogens is 7. The van der Waals surface area contributed by atoms with Crippen molar-refractivity contribution in [2.75, 3.05) is 14.2 Å². The Bertz CT molecular complexity index is 1680. The molecule has 0 unspecified atom stereocenters. The summed E-state index contributed by atoms with van der Waals surface area (Å²) in [4.78, 5) is 0. The Balaban J connectivity index is 2.09. The minimum atomic E-state index is -1.21. The molecule has 0 atom stereocenters. The second kappa shape index (κ2) is 8.99. The van der Waals surface area contributed by atoms with Gasteiger partial charge in [-0.3, -0.25) is 0 Å². The summed E-state index contributed by atoms with van der Waals surface area (Å²) in [5.74, 6) is -8.30. The van der Waals surface area contributed by atoms with Crippen molar-refractivity contribution in [3.8, 4) is 33.8 Å². The Morgan fingerprint density at radius 2 is 0.838 bits per heavy atom. The Morgan fingerprint density at radius 1 is 0.432 bits per heavy atom. The van der Waals surface area contributed by atoms with E-state index in [2.05, 4.69) is 0 Å². The highest BCUT2D eigenvalue weighted by Gasteiger charge is 2.28. The van der Waals surface area contributed by atoms with Gasteiger partial charge in [-0.2, -0.15) is 0 Å². The average molecular weight is 516 g/mol. The summed E-state index contributed by atoms with van der Waals surface area (Å²) in [6.07, 6.45) is 0. The standard InChI is InChI=1S/C28H15F7O2/c1-36-13-8-19(32)25(20(33)9-13)23-15-4-3-12(29)7-16(15)24(28-18(31)6-5-17(30)27(23)28)26-21(34)10-14(37-2)11-22(26)35/h3-11H,1-2H3. The van der Waals surface area contributed by atoms with Gasteiger partial charge in [-0.1, -0.05) is 6.07 Å². The quantitative estimate of drug-likeness (QED) is 0.177. The summed E-state index contributed by atoms with van der Waals surface area (Å²) in [5, 5.41) is -1.81. The second-order valence-corrected chi connectivity index (χ2v) is 8.15. The monoisotopic (exact) mass is 516 g/mol. The summed E-state index contributed by atoms with van der Waals surface area (Å²) < 4.78 is 116. The first kappa shape index (κ1) is 24.4. The van der Waals surface area contributed by atoms with Gasteiger partial charge in [0.15, 0.2) is 0 Å². The maximum atomic E-state index is 15.4. The lowest BCUT2D eigenvalue weighted by Gasteiger charge is -2.20. The zero-order valence-corrected chi connectivity index (χ0v) is 19.2. The van der Waals surface area contributed by atoms with Gasteiger partial charge in [0, 0.05) is 46.2 Å². The highest BCUT2D eigenvalue weighted by molar-refractivity contribution is 6.21. The molecule has 5 aromatic rings. The van der Waals surface area contributed by atoms with Crippen LogP contribution < -0.4 is 9.47 Å². The summed E-state index contributed by atoms with van der Waals surface area (Å²) in [5.41, 5.74) is -2.54. The van der Waals surface area contributed by atoms with E-state index in [0.717, 1.165) is 48.5 Å². The molecule has 0 saturated carbocycles. The summed E-state index contributed by atoms with van der Waals surface area (Å²) in [6.45, 7) is 0. The van der Waals surface area contributed by atoms with Crippen molar-refractivity contribution in [1.82, 2.24) is 0 Å². The van der Waals surface area contributed by atoms with E-state index in [1.807, 2.05) is 0 Å². The SMILES string of the molecule is COc1cc(F)c(-c2c3ccc(F)cc3c(-c3c(F)cc(OC)cc3F)c3c(F)ccc(F)c23)c(F)c1. The van der Waals surface area contributed by atoms with Crippen LogP contribution in [0.3, 0.4) is 0 Å². The Kier molecular flexibility index (Phi) is 5.94. The van der Waals surface area contributed by atoms with Crippen LogP contribution in [0.25, 0.3) is 43.8 Å². The number of benzene rings is 5. The Labute approximate surface area is 205 Å². The minimum Gasteiger partial charge on any atom is -0.497 e.